The maximum absolute atomic E-state index is 6.70. The first-order chi connectivity index (χ1) is 23.2. The number of anilines is 1. The van der Waals surface area contributed by atoms with Crippen LogP contribution in [0.25, 0.3) is 71.7 Å². The SMILES string of the molecule is Nc1ccc2oc3c(-c4ccccc4)cccc3c2c1OCc1cccc2c1c1ccccc1n2-c1cccc(-c2ccccc2)c1. The molecule has 2 heterocycles. The minimum absolute atomic E-state index is 0.351. The van der Waals surface area contributed by atoms with E-state index in [-0.39, 0.29) is 0 Å². The Kier molecular flexibility index (Phi) is 6.32. The lowest BCUT2D eigenvalue weighted by Gasteiger charge is -2.12. The van der Waals surface area contributed by atoms with Crippen molar-refractivity contribution in [3.8, 4) is 33.7 Å². The second kappa shape index (κ2) is 11.0. The third kappa shape index (κ3) is 4.45. The standard InChI is InChI=1S/C43H30N2O2/c44-36-24-25-39-41(35-21-11-20-33(42(35)47-39)29-14-5-2-6-15-29)43(36)46-27-31-17-10-23-38-40(31)34-19-7-8-22-37(34)45(38)32-18-9-16-30(26-32)28-12-3-1-4-13-28/h1-26H,27,44H2. The van der Waals surface area contributed by atoms with E-state index in [9.17, 15) is 0 Å². The van der Waals surface area contributed by atoms with Crippen molar-refractivity contribution in [1.82, 2.24) is 4.57 Å². The van der Waals surface area contributed by atoms with E-state index < -0.39 is 0 Å². The van der Waals surface area contributed by atoms with Crippen molar-refractivity contribution in [1.29, 1.82) is 0 Å². The Morgan fingerprint density at radius 2 is 1.23 bits per heavy atom. The van der Waals surface area contributed by atoms with Gasteiger partial charge in [-0.1, -0.05) is 121 Å². The zero-order chi connectivity index (χ0) is 31.3. The van der Waals surface area contributed by atoms with Gasteiger partial charge in [0.1, 0.15) is 17.8 Å². The predicted octanol–water partition coefficient (Wildman–Crippen LogP) is 11.2. The Balaban J connectivity index is 1.17. The number of hydrogen-bond donors (Lipinski definition) is 1. The van der Waals surface area contributed by atoms with E-state index in [1.54, 1.807) is 0 Å². The number of nitrogen functional groups attached to an aromatic ring is 1. The van der Waals surface area contributed by atoms with Gasteiger partial charge in [-0.2, -0.15) is 0 Å². The molecule has 0 saturated heterocycles. The number of furan rings is 1. The van der Waals surface area contributed by atoms with Crippen LogP contribution in [-0.4, -0.2) is 4.57 Å². The van der Waals surface area contributed by atoms with Crippen LogP contribution in [0, 0.1) is 0 Å². The average Bonchev–Trinajstić information content (AvgIpc) is 3.68. The summed E-state index contributed by atoms with van der Waals surface area (Å²) in [7, 11) is 0. The molecular formula is C43H30N2O2. The van der Waals surface area contributed by atoms with E-state index in [1.165, 1.54) is 21.9 Å². The summed E-state index contributed by atoms with van der Waals surface area (Å²) >= 11 is 0. The molecule has 0 unspecified atom stereocenters. The summed E-state index contributed by atoms with van der Waals surface area (Å²) in [6, 6.07) is 54.6. The maximum atomic E-state index is 6.70. The molecule has 0 radical (unpaired) electrons. The molecule has 0 saturated carbocycles. The lowest BCUT2D eigenvalue weighted by atomic mass is 10.0. The molecule has 224 valence electrons. The van der Waals surface area contributed by atoms with Crippen molar-refractivity contribution in [2.75, 3.05) is 5.73 Å². The smallest absolute Gasteiger partial charge is 0.154 e. The molecule has 0 fully saturated rings. The third-order valence-electron chi connectivity index (χ3n) is 9.10. The lowest BCUT2D eigenvalue weighted by Crippen LogP contribution is -2.00. The fourth-order valence-corrected chi connectivity index (χ4v) is 6.97. The number of nitrogens with two attached hydrogens (primary N) is 1. The highest BCUT2D eigenvalue weighted by Crippen LogP contribution is 2.43. The Morgan fingerprint density at radius 1 is 0.553 bits per heavy atom. The topological polar surface area (TPSA) is 53.3 Å². The van der Waals surface area contributed by atoms with Crippen molar-refractivity contribution in [2.24, 2.45) is 0 Å². The summed E-state index contributed by atoms with van der Waals surface area (Å²) in [6.07, 6.45) is 0. The average molecular weight is 607 g/mol. The second-order valence-corrected chi connectivity index (χ2v) is 11.9. The number of nitrogens with zero attached hydrogens (tertiary/aromatic N) is 1. The van der Waals surface area contributed by atoms with E-state index in [0.29, 0.717) is 18.0 Å². The summed E-state index contributed by atoms with van der Waals surface area (Å²) in [5, 5.41) is 4.23. The zero-order valence-corrected chi connectivity index (χ0v) is 25.6. The molecule has 9 aromatic rings. The van der Waals surface area contributed by atoms with Gasteiger partial charge in [-0.3, -0.25) is 0 Å². The number of benzene rings is 7. The van der Waals surface area contributed by atoms with Crippen molar-refractivity contribution < 1.29 is 9.15 Å². The first-order valence-electron chi connectivity index (χ1n) is 15.8. The van der Waals surface area contributed by atoms with Crippen LogP contribution in [0.15, 0.2) is 162 Å². The van der Waals surface area contributed by atoms with Crippen molar-refractivity contribution in [3.05, 3.63) is 163 Å². The summed E-state index contributed by atoms with van der Waals surface area (Å²) in [6.45, 7) is 0.351. The summed E-state index contributed by atoms with van der Waals surface area (Å²) < 4.78 is 15.5. The molecule has 9 rings (SSSR count). The quantitative estimate of drug-likeness (QED) is 0.192. The van der Waals surface area contributed by atoms with Crippen LogP contribution in [-0.2, 0) is 6.61 Å². The Morgan fingerprint density at radius 3 is 2.09 bits per heavy atom. The molecule has 0 bridgehead atoms. The number of hydrogen-bond acceptors (Lipinski definition) is 3. The minimum Gasteiger partial charge on any atom is -0.486 e. The molecular weight excluding hydrogens is 576 g/mol. The van der Waals surface area contributed by atoms with Crippen LogP contribution < -0.4 is 10.5 Å². The molecule has 0 aliphatic rings. The van der Waals surface area contributed by atoms with Gasteiger partial charge in [-0.15, -0.1) is 0 Å². The van der Waals surface area contributed by atoms with Crippen LogP contribution >= 0.6 is 0 Å². The van der Waals surface area contributed by atoms with Crippen molar-refractivity contribution in [3.63, 3.8) is 0 Å². The van der Waals surface area contributed by atoms with Gasteiger partial charge in [0.15, 0.2) is 5.75 Å². The van der Waals surface area contributed by atoms with Gasteiger partial charge in [0.2, 0.25) is 0 Å². The molecule has 47 heavy (non-hydrogen) atoms. The normalized spacial score (nSPS) is 11.6. The molecule has 4 heteroatoms. The molecule has 4 nitrogen and oxygen atoms in total. The van der Waals surface area contributed by atoms with E-state index in [2.05, 4.69) is 132 Å². The van der Waals surface area contributed by atoms with Gasteiger partial charge in [0.25, 0.3) is 0 Å². The fraction of sp³-hybridized carbons (Fsp3) is 0.0233. The van der Waals surface area contributed by atoms with Gasteiger partial charge in [0, 0.05) is 27.4 Å². The monoisotopic (exact) mass is 606 g/mol. The van der Waals surface area contributed by atoms with E-state index >= 15 is 0 Å². The number of rotatable bonds is 6. The zero-order valence-electron chi connectivity index (χ0n) is 25.6. The molecule has 2 N–H and O–H groups in total. The highest BCUT2D eigenvalue weighted by Gasteiger charge is 2.20. The Labute approximate surface area is 271 Å². The predicted molar refractivity (Wildman–Crippen MR) is 194 cm³/mol. The molecule has 7 aromatic carbocycles. The number of para-hydroxylation sites is 2. The Hall–Kier alpha value is -6.26. The van der Waals surface area contributed by atoms with Crippen LogP contribution in [0.3, 0.4) is 0 Å². The minimum atomic E-state index is 0.351. The van der Waals surface area contributed by atoms with Gasteiger partial charge >= 0.3 is 0 Å². The molecule has 0 aliphatic heterocycles. The first-order valence-corrected chi connectivity index (χ1v) is 15.8. The largest absolute Gasteiger partial charge is 0.486 e. The van der Waals surface area contributed by atoms with Gasteiger partial charge in [-0.25, -0.2) is 0 Å². The fourth-order valence-electron chi connectivity index (χ4n) is 6.97. The number of fused-ring (bicyclic) bond motifs is 6. The van der Waals surface area contributed by atoms with E-state index in [4.69, 9.17) is 14.9 Å². The maximum Gasteiger partial charge on any atom is 0.154 e. The molecule has 0 atom stereocenters. The van der Waals surface area contributed by atoms with Crippen LogP contribution in [0.1, 0.15) is 5.56 Å². The second-order valence-electron chi connectivity index (χ2n) is 11.9. The van der Waals surface area contributed by atoms with Crippen LogP contribution in [0.5, 0.6) is 5.75 Å². The van der Waals surface area contributed by atoms with Crippen molar-refractivity contribution >= 4 is 49.4 Å². The van der Waals surface area contributed by atoms with Gasteiger partial charge in [-0.05, 0) is 58.7 Å². The molecule has 0 spiro atoms. The molecule has 0 aliphatic carbocycles. The van der Waals surface area contributed by atoms with Crippen molar-refractivity contribution in [2.45, 2.75) is 6.61 Å². The lowest BCUT2D eigenvalue weighted by molar-refractivity contribution is 0.313. The van der Waals surface area contributed by atoms with Crippen LogP contribution in [0.4, 0.5) is 5.69 Å². The van der Waals surface area contributed by atoms with E-state index in [1.807, 2.05) is 30.3 Å². The highest BCUT2D eigenvalue weighted by atomic mass is 16.5. The number of aromatic nitrogens is 1. The molecule has 2 aromatic heterocycles. The highest BCUT2D eigenvalue weighted by molar-refractivity contribution is 6.14. The third-order valence-corrected chi connectivity index (χ3v) is 9.10. The number of ether oxygens (including phenoxy) is 1. The summed E-state index contributed by atoms with van der Waals surface area (Å²) in [4.78, 5) is 0. The molecule has 0 amide bonds. The van der Waals surface area contributed by atoms with Gasteiger partial charge < -0.3 is 19.5 Å². The van der Waals surface area contributed by atoms with E-state index in [0.717, 1.165) is 55.3 Å². The summed E-state index contributed by atoms with van der Waals surface area (Å²) in [5.74, 6) is 0.641. The Bertz CT molecular complexity index is 2580. The summed E-state index contributed by atoms with van der Waals surface area (Å²) in [5.41, 5.74) is 17.8. The van der Waals surface area contributed by atoms with Gasteiger partial charge in [0.05, 0.1) is 22.1 Å². The first kappa shape index (κ1) is 27.1. The van der Waals surface area contributed by atoms with Crippen LogP contribution in [0.2, 0.25) is 0 Å².